The SMILES string of the molecule is COc1ccc(CCCNCCC[C@](C#N)(c2ccccc2)C(C)C)cc1OC. The summed E-state index contributed by atoms with van der Waals surface area (Å²) < 4.78 is 10.7. The zero-order chi connectivity index (χ0) is 21.1. The van der Waals surface area contributed by atoms with E-state index >= 15 is 0 Å². The lowest BCUT2D eigenvalue weighted by Crippen LogP contribution is -2.32. The largest absolute Gasteiger partial charge is 0.493 e. The first kappa shape index (κ1) is 22.8. The number of nitrogens with one attached hydrogen (secondary N) is 1. The van der Waals surface area contributed by atoms with Gasteiger partial charge >= 0.3 is 0 Å². The van der Waals surface area contributed by atoms with Crippen molar-refractivity contribution in [3.05, 3.63) is 59.7 Å². The fourth-order valence-corrected chi connectivity index (χ4v) is 3.82. The number of ether oxygens (including phenoxy) is 2. The van der Waals surface area contributed by atoms with Crippen molar-refractivity contribution in [3.63, 3.8) is 0 Å². The molecule has 0 bridgehead atoms. The van der Waals surface area contributed by atoms with Gasteiger partial charge in [-0.1, -0.05) is 50.2 Å². The van der Waals surface area contributed by atoms with Gasteiger partial charge in [-0.15, -0.1) is 0 Å². The van der Waals surface area contributed by atoms with Crippen molar-refractivity contribution in [2.24, 2.45) is 5.92 Å². The molecular formula is C25H34N2O2. The molecule has 0 amide bonds. The molecule has 2 aromatic rings. The van der Waals surface area contributed by atoms with Crippen molar-refractivity contribution in [2.45, 2.75) is 44.9 Å². The Hall–Kier alpha value is -2.51. The van der Waals surface area contributed by atoms with Crippen LogP contribution in [0.5, 0.6) is 11.5 Å². The lowest BCUT2D eigenvalue weighted by atomic mass is 9.70. The molecule has 2 rings (SSSR count). The maximum absolute atomic E-state index is 9.96. The maximum atomic E-state index is 9.96. The minimum Gasteiger partial charge on any atom is -0.493 e. The second kappa shape index (κ2) is 11.5. The molecular weight excluding hydrogens is 360 g/mol. The topological polar surface area (TPSA) is 54.3 Å². The fourth-order valence-electron chi connectivity index (χ4n) is 3.82. The molecule has 2 aromatic carbocycles. The Balaban J connectivity index is 1.77. The normalized spacial score (nSPS) is 13.0. The van der Waals surface area contributed by atoms with Crippen LogP contribution in [0.1, 0.15) is 44.2 Å². The molecule has 4 heteroatoms. The predicted octanol–water partition coefficient (Wildman–Crippen LogP) is 5.12. The van der Waals surface area contributed by atoms with Crippen LogP contribution < -0.4 is 14.8 Å². The lowest BCUT2D eigenvalue weighted by molar-refractivity contribution is 0.354. The second-order valence-electron chi connectivity index (χ2n) is 7.75. The zero-order valence-corrected chi connectivity index (χ0v) is 18.2. The van der Waals surface area contributed by atoms with Crippen LogP contribution in [0, 0.1) is 17.2 Å². The summed E-state index contributed by atoms with van der Waals surface area (Å²) in [5, 5.41) is 13.5. The second-order valence-corrected chi connectivity index (χ2v) is 7.75. The Morgan fingerprint density at radius 1 is 0.966 bits per heavy atom. The van der Waals surface area contributed by atoms with Crippen LogP contribution >= 0.6 is 0 Å². The van der Waals surface area contributed by atoms with Crippen molar-refractivity contribution < 1.29 is 9.47 Å². The predicted molar refractivity (Wildman–Crippen MR) is 119 cm³/mol. The summed E-state index contributed by atoms with van der Waals surface area (Å²) in [7, 11) is 3.32. The summed E-state index contributed by atoms with van der Waals surface area (Å²) in [6.07, 6.45) is 3.90. The number of hydrogen-bond acceptors (Lipinski definition) is 4. The fraction of sp³-hybridized carbons (Fsp3) is 0.480. The first-order valence-electron chi connectivity index (χ1n) is 10.5. The van der Waals surface area contributed by atoms with Gasteiger partial charge in [-0.2, -0.15) is 5.26 Å². The maximum Gasteiger partial charge on any atom is 0.160 e. The highest BCUT2D eigenvalue weighted by molar-refractivity contribution is 5.42. The number of aryl methyl sites for hydroxylation is 1. The van der Waals surface area contributed by atoms with Crippen LogP contribution in [0.2, 0.25) is 0 Å². The zero-order valence-electron chi connectivity index (χ0n) is 18.2. The van der Waals surface area contributed by atoms with E-state index in [4.69, 9.17) is 9.47 Å². The van der Waals surface area contributed by atoms with Crippen molar-refractivity contribution >= 4 is 0 Å². The van der Waals surface area contributed by atoms with Gasteiger partial charge in [-0.05, 0) is 68.0 Å². The van der Waals surface area contributed by atoms with Gasteiger partial charge in [0, 0.05) is 0 Å². The molecule has 0 heterocycles. The minimum atomic E-state index is -0.414. The van der Waals surface area contributed by atoms with Crippen LogP contribution in [-0.2, 0) is 11.8 Å². The van der Waals surface area contributed by atoms with E-state index in [1.165, 1.54) is 5.56 Å². The number of methoxy groups -OCH3 is 2. The Kier molecular flexibility index (Phi) is 9.02. The third-order valence-electron chi connectivity index (χ3n) is 5.67. The first-order valence-corrected chi connectivity index (χ1v) is 10.5. The quantitative estimate of drug-likeness (QED) is 0.508. The van der Waals surface area contributed by atoms with Gasteiger partial charge < -0.3 is 14.8 Å². The van der Waals surface area contributed by atoms with Crippen LogP contribution in [0.4, 0.5) is 0 Å². The molecule has 0 fully saturated rings. The van der Waals surface area contributed by atoms with Gasteiger partial charge in [-0.3, -0.25) is 0 Å². The van der Waals surface area contributed by atoms with Crippen LogP contribution in [-0.4, -0.2) is 27.3 Å². The number of rotatable bonds is 12. The van der Waals surface area contributed by atoms with Crippen molar-refractivity contribution in [2.75, 3.05) is 27.3 Å². The molecule has 0 aliphatic heterocycles. The van der Waals surface area contributed by atoms with E-state index in [9.17, 15) is 5.26 Å². The lowest BCUT2D eigenvalue weighted by Gasteiger charge is -2.31. The molecule has 0 saturated carbocycles. The summed E-state index contributed by atoms with van der Waals surface area (Å²) in [5.41, 5.74) is 1.96. The summed E-state index contributed by atoms with van der Waals surface area (Å²) in [6, 6.07) is 18.9. The number of nitriles is 1. The molecule has 156 valence electrons. The van der Waals surface area contributed by atoms with Gasteiger partial charge in [0.25, 0.3) is 0 Å². The number of nitrogens with zero attached hydrogens (tertiary/aromatic N) is 1. The summed E-state index contributed by atoms with van der Waals surface area (Å²) in [5.74, 6) is 1.82. The number of benzene rings is 2. The molecule has 29 heavy (non-hydrogen) atoms. The monoisotopic (exact) mass is 394 g/mol. The third kappa shape index (κ3) is 5.98. The highest BCUT2D eigenvalue weighted by Crippen LogP contribution is 2.36. The van der Waals surface area contributed by atoms with E-state index in [-0.39, 0.29) is 5.92 Å². The van der Waals surface area contributed by atoms with E-state index < -0.39 is 5.41 Å². The molecule has 0 aromatic heterocycles. The minimum absolute atomic E-state index is 0.278. The van der Waals surface area contributed by atoms with Gasteiger partial charge in [-0.25, -0.2) is 0 Å². The molecule has 4 nitrogen and oxygen atoms in total. The third-order valence-corrected chi connectivity index (χ3v) is 5.67. The molecule has 0 unspecified atom stereocenters. The van der Waals surface area contributed by atoms with Gasteiger partial charge in [0.1, 0.15) is 0 Å². The van der Waals surface area contributed by atoms with Crippen molar-refractivity contribution in [1.82, 2.24) is 5.32 Å². The van der Waals surface area contributed by atoms with E-state index in [0.29, 0.717) is 0 Å². The summed E-state index contributed by atoms with van der Waals surface area (Å²) in [6.45, 7) is 6.18. The first-order chi connectivity index (χ1) is 14.1. The van der Waals surface area contributed by atoms with Crippen LogP contribution in [0.25, 0.3) is 0 Å². The van der Waals surface area contributed by atoms with Crippen molar-refractivity contribution in [3.8, 4) is 17.6 Å². The smallest absolute Gasteiger partial charge is 0.160 e. The van der Waals surface area contributed by atoms with Crippen LogP contribution in [0.15, 0.2) is 48.5 Å². The van der Waals surface area contributed by atoms with E-state index in [0.717, 1.165) is 55.8 Å². The molecule has 0 aliphatic rings. The van der Waals surface area contributed by atoms with Crippen LogP contribution in [0.3, 0.4) is 0 Å². The van der Waals surface area contributed by atoms with Gasteiger partial charge in [0.2, 0.25) is 0 Å². The Morgan fingerprint density at radius 2 is 1.66 bits per heavy atom. The van der Waals surface area contributed by atoms with E-state index in [1.807, 2.05) is 30.3 Å². The molecule has 0 aliphatic carbocycles. The van der Waals surface area contributed by atoms with Gasteiger partial charge in [0.15, 0.2) is 11.5 Å². The highest BCUT2D eigenvalue weighted by Gasteiger charge is 2.35. The molecule has 0 radical (unpaired) electrons. The van der Waals surface area contributed by atoms with E-state index in [1.54, 1.807) is 14.2 Å². The average Bonchev–Trinajstić information content (AvgIpc) is 2.76. The molecule has 1 N–H and O–H groups in total. The van der Waals surface area contributed by atoms with E-state index in [2.05, 4.69) is 43.4 Å². The molecule has 1 atom stereocenters. The Bertz CT molecular complexity index is 783. The summed E-state index contributed by atoms with van der Waals surface area (Å²) >= 11 is 0. The summed E-state index contributed by atoms with van der Waals surface area (Å²) in [4.78, 5) is 0. The molecule has 0 saturated heterocycles. The van der Waals surface area contributed by atoms with Gasteiger partial charge in [0.05, 0.1) is 25.7 Å². The Morgan fingerprint density at radius 3 is 2.28 bits per heavy atom. The number of hydrogen-bond donors (Lipinski definition) is 1. The highest BCUT2D eigenvalue weighted by atomic mass is 16.5. The molecule has 0 spiro atoms. The van der Waals surface area contributed by atoms with Crippen molar-refractivity contribution in [1.29, 1.82) is 5.26 Å². The standard InChI is InChI=1S/C25H34N2O2/c1-20(2)25(19-26,22-11-6-5-7-12-22)15-9-17-27-16-8-10-21-13-14-23(28-3)24(18-21)29-4/h5-7,11-14,18,20,27H,8-10,15-17H2,1-4H3/t25-/m1/s1. The Labute approximate surface area is 175 Å². The average molecular weight is 395 g/mol.